The molecule has 5 nitrogen and oxygen atoms in total. The average Bonchev–Trinajstić information content (AvgIpc) is 3.15. The van der Waals surface area contributed by atoms with Crippen LogP contribution in [-0.2, 0) is 0 Å². The fraction of sp³-hybridized carbons (Fsp3) is 0.467. The molecule has 0 aliphatic carbocycles. The van der Waals surface area contributed by atoms with E-state index < -0.39 is 5.41 Å². The van der Waals surface area contributed by atoms with Crippen molar-refractivity contribution in [3.63, 3.8) is 0 Å². The summed E-state index contributed by atoms with van der Waals surface area (Å²) in [6.07, 6.45) is 0. The second-order valence-corrected chi connectivity index (χ2v) is 7.65. The number of nitrogens with zero attached hydrogens (tertiary/aromatic N) is 2. The van der Waals surface area contributed by atoms with E-state index in [0.29, 0.717) is 10.6 Å². The lowest BCUT2D eigenvalue weighted by Gasteiger charge is -2.30. The molecule has 2 N–H and O–H groups in total. The highest BCUT2D eigenvalue weighted by Crippen LogP contribution is 2.32. The van der Waals surface area contributed by atoms with Crippen LogP contribution in [0.25, 0.3) is 9.88 Å². The smallest absolute Gasteiger partial charge is 0.265 e. The zero-order valence-corrected chi connectivity index (χ0v) is 14.5. The summed E-state index contributed by atoms with van der Waals surface area (Å²) in [6.45, 7) is 3.50. The number of aliphatic hydroxyl groups is 2. The van der Waals surface area contributed by atoms with Crippen molar-refractivity contribution in [3.05, 3.63) is 28.1 Å². The molecule has 2 rings (SSSR count). The van der Waals surface area contributed by atoms with Crippen molar-refractivity contribution in [1.29, 1.82) is 0 Å². The summed E-state index contributed by atoms with van der Waals surface area (Å²) in [5.41, 5.74) is -0.000458. The van der Waals surface area contributed by atoms with E-state index in [1.54, 1.807) is 25.3 Å². The van der Waals surface area contributed by atoms with E-state index in [1.165, 1.54) is 16.2 Å². The van der Waals surface area contributed by atoms with Crippen molar-refractivity contribution >= 4 is 28.6 Å². The molecule has 22 heavy (non-hydrogen) atoms. The molecule has 2 heterocycles. The topological polar surface area (TPSA) is 73.7 Å². The first kappa shape index (κ1) is 17.1. The van der Waals surface area contributed by atoms with Gasteiger partial charge in [-0.05, 0) is 18.4 Å². The fourth-order valence-electron chi connectivity index (χ4n) is 2.07. The third-order valence-electron chi connectivity index (χ3n) is 3.45. The summed E-state index contributed by atoms with van der Waals surface area (Å²) in [6, 6.07) is 3.94. The Bertz CT molecular complexity index is 633. The Kier molecular flexibility index (Phi) is 5.33. The molecule has 120 valence electrons. The molecule has 0 aliphatic rings. The van der Waals surface area contributed by atoms with E-state index in [0.717, 1.165) is 9.88 Å². The number of hydrogen-bond acceptors (Lipinski definition) is 6. The number of rotatable bonds is 6. The Morgan fingerprint density at radius 2 is 2.09 bits per heavy atom. The second kappa shape index (κ2) is 6.87. The minimum atomic E-state index is -0.709. The van der Waals surface area contributed by atoms with Crippen LogP contribution in [0.4, 0.5) is 0 Å². The number of thiophene rings is 1. The normalized spacial score (nSPS) is 11.7. The summed E-state index contributed by atoms with van der Waals surface area (Å²) in [5, 5.41) is 21.6. The van der Waals surface area contributed by atoms with E-state index in [4.69, 9.17) is 0 Å². The first-order valence-corrected chi connectivity index (χ1v) is 8.58. The summed E-state index contributed by atoms with van der Waals surface area (Å²) >= 11 is 2.97. The van der Waals surface area contributed by atoms with Crippen molar-refractivity contribution in [3.8, 4) is 9.88 Å². The Balaban J connectivity index is 2.19. The highest BCUT2D eigenvalue weighted by molar-refractivity contribution is 7.22. The summed E-state index contributed by atoms with van der Waals surface area (Å²) in [5.74, 6) is -0.133. The largest absolute Gasteiger partial charge is 0.396 e. The van der Waals surface area contributed by atoms with Gasteiger partial charge < -0.3 is 15.1 Å². The molecule has 0 spiro atoms. The molecule has 0 saturated carbocycles. The van der Waals surface area contributed by atoms with E-state index in [1.807, 2.05) is 24.4 Å². The van der Waals surface area contributed by atoms with Gasteiger partial charge in [0.15, 0.2) is 0 Å². The zero-order chi connectivity index (χ0) is 16.3. The monoisotopic (exact) mass is 340 g/mol. The Morgan fingerprint density at radius 3 is 2.64 bits per heavy atom. The molecule has 0 aliphatic heterocycles. The molecular weight excluding hydrogens is 320 g/mol. The number of amides is 1. The molecule has 0 radical (unpaired) electrons. The van der Waals surface area contributed by atoms with Crippen LogP contribution >= 0.6 is 22.7 Å². The van der Waals surface area contributed by atoms with Gasteiger partial charge in [0, 0.05) is 19.0 Å². The lowest BCUT2D eigenvalue weighted by atomic mass is 9.92. The van der Waals surface area contributed by atoms with Crippen LogP contribution in [0.1, 0.15) is 22.3 Å². The summed E-state index contributed by atoms with van der Waals surface area (Å²) < 4.78 is 0. The van der Waals surface area contributed by atoms with Crippen LogP contribution in [-0.4, -0.2) is 52.8 Å². The number of aliphatic hydroxyl groups excluding tert-OH is 2. The fourth-order valence-corrected chi connectivity index (χ4v) is 3.93. The molecule has 0 unspecified atom stereocenters. The van der Waals surface area contributed by atoms with Gasteiger partial charge in [-0.1, -0.05) is 13.0 Å². The van der Waals surface area contributed by atoms with Crippen molar-refractivity contribution in [2.45, 2.75) is 13.8 Å². The van der Waals surface area contributed by atoms with Gasteiger partial charge in [0.25, 0.3) is 5.91 Å². The molecule has 7 heteroatoms. The number of carbonyl (C=O) groups is 1. The number of carbonyl (C=O) groups excluding carboxylic acids is 1. The Hall–Kier alpha value is -1.28. The van der Waals surface area contributed by atoms with Gasteiger partial charge in [0.2, 0.25) is 0 Å². The second-order valence-electron chi connectivity index (χ2n) is 5.70. The van der Waals surface area contributed by atoms with Crippen LogP contribution in [0.15, 0.2) is 17.5 Å². The lowest BCUT2D eigenvalue weighted by molar-refractivity contribution is 0.0368. The average molecular weight is 340 g/mol. The lowest BCUT2D eigenvalue weighted by Crippen LogP contribution is -2.41. The van der Waals surface area contributed by atoms with Crippen molar-refractivity contribution < 1.29 is 15.0 Å². The quantitative estimate of drug-likeness (QED) is 0.846. The molecule has 0 saturated heterocycles. The maximum absolute atomic E-state index is 12.6. The highest BCUT2D eigenvalue weighted by atomic mass is 32.1. The van der Waals surface area contributed by atoms with E-state index in [9.17, 15) is 15.0 Å². The summed E-state index contributed by atoms with van der Waals surface area (Å²) in [4.78, 5) is 20.3. The van der Waals surface area contributed by atoms with Gasteiger partial charge >= 0.3 is 0 Å². The predicted octanol–water partition coefficient (Wildman–Crippen LogP) is 2.24. The molecule has 0 atom stereocenters. The number of aryl methyl sites for hydroxylation is 1. The first-order valence-electron chi connectivity index (χ1n) is 6.88. The number of thiazole rings is 1. The Morgan fingerprint density at radius 1 is 1.41 bits per heavy atom. The summed E-state index contributed by atoms with van der Waals surface area (Å²) in [7, 11) is 1.68. The highest BCUT2D eigenvalue weighted by Gasteiger charge is 2.28. The van der Waals surface area contributed by atoms with Crippen LogP contribution in [0.2, 0.25) is 0 Å². The zero-order valence-electron chi connectivity index (χ0n) is 12.9. The molecule has 1 amide bonds. The standard InChI is InChI=1S/C15H20N2O3S2/c1-10-12(22-13(16-10)11-5-4-6-21-11)14(20)17(3)7-15(2,8-18)9-19/h4-6,18-19H,7-9H2,1-3H3. The van der Waals surface area contributed by atoms with Crippen molar-refractivity contribution in [2.75, 3.05) is 26.8 Å². The van der Waals surface area contributed by atoms with E-state index >= 15 is 0 Å². The van der Waals surface area contributed by atoms with Crippen LogP contribution in [0.5, 0.6) is 0 Å². The number of aromatic nitrogens is 1. The van der Waals surface area contributed by atoms with Crippen LogP contribution in [0.3, 0.4) is 0 Å². The minimum absolute atomic E-state index is 0.133. The molecule has 0 bridgehead atoms. The molecule has 0 fully saturated rings. The van der Waals surface area contributed by atoms with E-state index in [-0.39, 0.29) is 25.7 Å². The number of hydrogen-bond donors (Lipinski definition) is 2. The minimum Gasteiger partial charge on any atom is -0.396 e. The van der Waals surface area contributed by atoms with Gasteiger partial charge in [-0.25, -0.2) is 4.98 Å². The Labute approximate surface area is 137 Å². The molecular formula is C15H20N2O3S2. The van der Waals surface area contributed by atoms with E-state index in [2.05, 4.69) is 4.98 Å². The third-order valence-corrected chi connectivity index (χ3v) is 5.64. The van der Waals surface area contributed by atoms with Gasteiger partial charge in [-0.2, -0.15) is 0 Å². The molecule has 0 aromatic carbocycles. The van der Waals surface area contributed by atoms with Crippen LogP contribution in [0, 0.1) is 12.3 Å². The van der Waals surface area contributed by atoms with Gasteiger partial charge in [0.05, 0.1) is 23.8 Å². The molecule has 2 aromatic heterocycles. The third kappa shape index (κ3) is 3.55. The maximum Gasteiger partial charge on any atom is 0.265 e. The van der Waals surface area contributed by atoms with Gasteiger partial charge in [-0.15, -0.1) is 22.7 Å². The van der Waals surface area contributed by atoms with Gasteiger partial charge in [-0.3, -0.25) is 4.79 Å². The maximum atomic E-state index is 12.6. The van der Waals surface area contributed by atoms with Crippen LogP contribution < -0.4 is 0 Å². The van der Waals surface area contributed by atoms with Gasteiger partial charge in [0.1, 0.15) is 9.88 Å². The van der Waals surface area contributed by atoms with Crippen molar-refractivity contribution in [2.24, 2.45) is 5.41 Å². The SMILES string of the molecule is Cc1nc(-c2cccs2)sc1C(=O)N(C)CC(C)(CO)CO. The van der Waals surface area contributed by atoms with Crippen molar-refractivity contribution in [1.82, 2.24) is 9.88 Å². The predicted molar refractivity (Wildman–Crippen MR) is 89.4 cm³/mol. The molecule has 2 aromatic rings. The first-order chi connectivity index (χ1) is 10.4.